The SMILES string of the molecule is C=CC(=O)OCCCCCCOC1CCC(C(=O)OC2CCC(OC(=O)C3CCC(CCCCCCC)CC3)C(C(=O)OC3CC(C4CCC(C5CCC(OCCCCCCCCC)CC5)C(OC(=O)C5CC(OC(=O)C6CCC(OCCCCCCOC(=O)C=C)CC6)CCC5OC(=O)C5CCC(CCCCCCC)CC5)C4)CCC3OCCCCCCCCC)C2)CC1. The Morgan fingerprint density at radius 3 is 0.908 bits per heavy atom. The zero-order valence-electron chi connectivity index (χ0n) is 82.3. The highest BCUT2D eigenvalue weighted by Crippen LogP contribution is 2.49. The van der Waals surface area contributed by atoms with Crippen molar-refractivity contribution in [1.29, 1.82) is 0 Å². The zero-order chi connectivity index (χ0) is 92.1. The van der Waals surface area contributed by atoms with Crippen molar-refractivity contribution < 1.29 is 95.2 Å². The van der Waals surface area contributed by atoms with Gasteiger partial charge in [0.15, 0.2) is 0 Å². The van der Waals surface area contributed by atoms with Gasteiger partial charge in [0.25, 0.3) is 0 Å². The predicted molar refractivity (Wildman–Crippen MR) is 510 cm³/mol. The average Bonchev–Trinajstić information content (AvgIpc) is 0.789. The maximum atomic E-state index is 16.0. The summed E-state index contributed by atoms with van der Waals surface area (Å²) in [6.45, 7) is 19.3. The molecule has 9 rings (SSSR count). The molecule has 130 heavy (non-hydrogen) atoms. The van der Waals surface area contributed by atoms with E-state index in [2.05, 4.69) is 40.9 Å². The highest BCUT2D eigenvalue weighted by Gasteiger charge is 2.50. The van der Waals surface area contributed by atoms with Gasteiger partial charge in [0.1, 0.15) is 36.6 Å². The number of carbonyl (C=O) groups is 8. The molecule has 0 aromatic heterocycles. The molecule has 0 aliphatic heterocycles. The third-order valence-electron chi connectivity index (χ3n) is 32.0. The van der Waals surface area contributed by atoms with Crippen LogP contribution in [0.5, 0.6) is 0 Å². The first-order valence-corrected chi connectivity index (χ1v) is 54.8. The molecular formula is C110H184O20. The number of esters is 8. The van der Waals surface area contributed by atoms with Crippen LogP contribution in [0.4, 0.5) is 0 Å². The number of unbranched alkanes of at least 4 members (excludes halogenated alkanes) is 26. The van der Waals surface area contributed by atoms with E-state index in [1.807, 2.05) is 0 Å². The first kappa shape index (κ1) is 109. The van der Waals surface area contributed by atoms with Crippen molar-refractivity contribution in [2.75, 3.05) is 39.6 Å². The van der Waals surface area contributed by atoms with Crippen LogP contribution in [0.15, 0.2) is 25.3 Å². The van der Waals surface area contributed by atoms with Gasteiger partial charge in [-0.3, -0.25) is 28.8 Å². The minimum absolute atomic E-state index is 0.0689. The molecule has 12 unspecified atom stereocenters. The summed E-state index contributed by atoms with van der Waals surface area (Å²) in [6, 6.07) is 0. The van der Waals surface area contributed by atoms with Crippen LogP contribution < -0.4 is 0 Å². The molecule has 744 valence electrons. The lowest BCUT2D eigenvalue weighted by molar-refractivity contribution is -0.188. The van der Waals surface area contributed by atoms with Crippen LogP contribution in [0.1, 0.15) is 451 Å². The van der Waals surface area contributed by atoms with Crippen molar-refractivity contribution in [2.24, 2.45) is 71.0 Å². The summed E-state index contributed by atoms with van der Waals surface area (Å²) >= 11 is 0. The Kier molecular flexibility index (Phi) is 53.7. The maximum Gasteiger partial charge on any atom is 0.330 e. The normalized spacial score (nSPS) is 30.2. The lowest BCUT2D eigenvalue weighted by atomic mass is 9.64. The summed E-state index contributed by atoms with van der Waals surface area (Å²) in [5, 5.41) is 0. The summed E-state index contributed by atoms with van der Waals surface area (Å²) in [6.07, 6.45) is 60.8. The number of carbonyl (C=O) groups excluding carboxylic acids is 8. The summed E-state index contributed by atoms with van der Waals surface area (Å²) in [5.74, 6) is -3.39. The summed E-state index contributed by atoms with van der Waals surface area (Å²) in [5.41, 5.74) is 0. The molecule has 9 fully saturated rings. The molecule has 0 spiro atoms. The Bertz CT molecular complexity index is 3130. The molecule has 20 nitrogen and oxygen atoms in total. The fraction of sp³-hybridized carbons (Fsp3) is 0.891. The maximum absolute atomic E-state index is 16.0. The van der Waals surface area contributed by atoms with E-state index in [1.54, 1.807) is 0 Å². The minimum Gasteiger partial charge on any atom is -0.463 e. The van der Waals surface area contributed by atoms with Crippen LogP contribution >= 0.6 is 0 Å². The topological polar surface area (TPSA) is 247 Å². The van der Waals surface area contributed by atoms with Gasteiger partial charge in [-0.15, -0.1) is 0 Å². The van der Waals surface area contributed by atoms with E-state index in [4.69, 9.17) is 56.8 Å². The fourth-order valence-corrected chi connectivity index (χ4v) is 23.6. The molecule has 9 aliphatic rings. The highest BCUT2D eigenvalue weighted by atomic mass is 16.6. The Labute approximate surface area is 787 Å². The summed E-state index contributed by atoms with van der Waals surface area (Å²) in [7, 11) is 0. The van der Waals surface area contributed by atoms with E-state index in [1.165, 1.54) is 153 Å². The van der Waals surface area contributed by atoms with Crippen molar-refractivity contribution in [1.82, 2.24) is 0 Å². The van der Waals surface area contributed by atoms with Crippen molar-refractivity contribution >= 4 is 47.8 Å². The van der Waals surface area contributed by atoms with Crippen molar-refractivity contribution in [2.45, 2.75) is 513 Å². The van der Waals surface area contributed by atoms with E-state index in [9.17, 15) is 28.8 Å². The molecule has 0 aromatic rings. The molecule has 9 saturated carbocycles. The number of rotatable bonds is 62. The Hall–Kier alpha value is -4.92. The number of ether oxygens (including phenoxy) is 12. The van der Waals surface area contributed by atoms with Gasteiger partial charge < -0.3 is 56.8 Å². The van der Waals surface area contributed by atoms with E-state index >= 15 is 9.59 Å². The van der Waals surface area contributed by atoms with Crippen LogP contribution in [0.25, 0.3) is 0 Å². The van der Waals surface area contributed by atoms with Gasteiger partial charge in [-0.1, -0.05) is 208 Å². The number of hydrogen-bond acceptors (Lipinski definition) is 20. The van der Waals surface area contributed by atoms with E-state index in [0.29, 0.717) is 121 Å². The van der Waals surface area contributed by atoms with Gasteiger partial charge in [0.05, 0.1) is 73.1 Å². The van der Waals surface area contributed by atoms with Gasteiger partial charge in [-0.2, -0.15) is 0 Å². The monoisotopic (exact) mass is 1830 g/mol. The molecule has 9 aliphatic carbocycles. The molecule has 0 aromatic carbocycles. The second-order valence-corrected chi connectivity index (χ2v) is 41.8. The standard InChI is InChI=1S/C110H184O20/c1-7-13-17-21-23-27-35-71-119-90-59-51-83(52-60-90)95-67-57-88(77-101(95)129-109(117)96-79-93(65-69-98(96)127-107(115)84-47-43-81(44-48-84)41-33-25-19-15-9-3)125-105(113)86-53-61-91(62-54-86)120-72-36-29-31-39-75-123-103(111)11-5)89-58-68-100(122-74-38-28-24-22-18-14-8-2)102(78-89)130-110(118)97-80-94(66-70-99(97)128-108(116)85-49-45-82(46-50-85)42-34-26-20-16-10-4)126-106(114)87-55-63-92(64-56-87)121-73-37-30-32-40-76-124-104(112)12-6/h11-12,81-102H,5-10,13-80H2,1-4H3. The number of hydrogen-bond donors (Lipinski definition) is 0. The van der Waals surface area contributed by atoms with Crippen molar-refractivity contribution in [3.05, 3.63) is 25.3 Å². The second-order valence-electron chi connectivity index (χ2n) is 41.8. The third-order valence-corrected chi connectivity index (χ3v) is 32.0. The molecule has 12 atom stereocenters. The second kappa shape index (κ2) is 64.2. The largest absolute Gasteiger partial charge is 0.463 e. The molecule has 0 amide bonds. The lowest BCUT2D eigenvalue weighted by Crippen LogP contribution is -2.48. The van der Waals surface area contributed by atoms with Crippen LogP contribution in [0, 0.1) is 71.0 Å². The van der Waals surface area contributed by atoms with E-state index in [-0.39, 0.29) is 109 Å². The fourth-order valence-electron chi connectivity index (χ4n) is 23.6. The van der Waals surface area contributed by atoms with Crippen molar-refractivity contribution in [3.63, 3.8) is 0 Å². The quantitative estimate of drug-likeness (QED) is 0.0238. The first-order chi connectivity index (χ1) is 63.5. The third kappa shape index (κ3) is 40.4. The molecule has 20 heteroatoms. The van der Waals surface area contributed by atoms with Crippen molar-refractivity contribution in [3.8, 4) is 0 Å². The molecular weight excluding hydrogens is 1640 g/mol. The van der Waals surface area contributed by atoms with E-state index < -0.39 is 66.4 Å². The van der Waals surface area contributed by atoms with Gasteiger partial charge in [0, 0.05) is 51.4 Å². The van der Waals surface area contributed by atoms with Gasteiger partial charge >= 0.3 is 47.8 Å². The van der Waals surface area contributed by atoms with E-state index in [0.717, 1.165) is 206 Å². The van der Waals surface area contributed by atoms with Crippen LogP contribution in [0.2, 0.25) is 0 Å². The summed E-state index contributed by atoms with van der Waals surface area (Å²) < 4.78 is 77.2. The Morgan fingerprint density at radius 2 is 0.523 bits per heavy atom. The van der Waals surface area contributed by atoms with Gasteiger partial charge in [0.2, 0.25) is 0 Å². The molecule has 0 N–H and O–H groups in total. The smallest absolute Gasteiger partial charge is 0.330 e. The van der Waals surface area contributed by atoms with Gasteiger partial charge in [-0.05, 0) is 279 Å². The molecule has 0 bridgehead atoms. The highest BCUT2D eigenvalue weighted by molar-refractivity contribution is 5.82. The molecule has 0 saturated heterocycles. The van der Waals surface area contributed by atoms with Crippen LogP contribution in [-0.2, 0) is 95.2 Å². The van der Waals surface area contributed by atoms with Crippen LogP contribution in [-0.4, -0.2) is 148 Å². The van der Waals surface area contributed by atoms with Crippen LogP contribution in [0.3, 0.4) is 0 Å². The minimum atomic E-state index is -0.857. The van der Waals surface area contributed by atoms with Gasteiger partial charge in [-0.25, -0.2) is 9.59 Å². The molecule has 0 heterocycles. The molecule has 0 radical (unpaired) electrons. The summed E-state index contributed by atoms with van der Waals surface area (Å²) in [4.78, 5) is 113. The zero-order valence-corrected chi connectivity index (χ0v) is 82.3. The first-order valence-electron chi connectivity index (χ1n) is 54.8. The Morgan fingerprint density at radius 1 is 0.238 bits per heavy atom. The lowest BCUT2D eigenvalue weighted by Gasteiger charge is -2.46. The Balaban J connectivity index is 0.909. The average molecular weight is 1830 g/mol. The predicted octanol–water partition coefficient (Wildman–Crippen LogP) is 25.8.